The molecular weight excluding hydrogens is 266 g/mol. The van der Waals surface area contributed by atoms with Gasteiger partial charge in [0.05, 0.1) is 20.3 Å². The summed E-state index contributed by atoms with van der Waals surface area (Å²) in [7, 11) is 3.15. The maximum Gasteiger partial charge on any atom is 0.185 e. The molecule has 1 atom stereocenters. The normalized spacial score (nSPS) is 16.0. The van der Waals surface area contributed by atoms with E-state index in [2.05, 4.69) is 5.32 Å². The van der Waals surface area contributed by atoms with E-state index in [1.807, 2.05) is 24.3 Å². The molecule has 0 amide bonds. The molecular formula is C17H17NO3. The summed E-state index contributed by atoms with van der Waals surface area (Å²) in [5, 5.41) is 3.28. The number of methoxy groups -OCH3 is 2. The molecule has 4 heteroatoms. The van der Waals surface area contributed by atoms with Crippen molar-refractivity contribution in [2.75, 3.05) is 19.5 Å². The molecule has 108 valence electrons. The van der Waals surface area contributed by atoms with Gasteiger partial charge < -0.3 is 14.8 Å². The Morgan fingerprint density at radius 1 is 1.10 bits per heavy atom. The van der Waals surface area contributed by atoms with Crippen LogP contribution in [0.5, 0.6) is 11.5 Å². The van der Waals surface area contributed by atoms with Gasteiger partial charge in [-0.25, -0.2) is 0 Å². The highest BCUT2D eigenvalue weighted by Crippen LogP contribution is 2.29. The van der Waals surface area contributed by atoms with Crippen molar-refractivity contribution in [3.05, 3.63) is 53.6 Å². The standard InChI is InChI=1S/C17H17NO3/c1-20-13-7-12(8-14(10-13)21-2)17(19)16-9-11-5-3-4-6-15(11)18-16/h3-8,10,16,18H,9H2,1-2H3. The van der Waals surface area contributed by atoms with Gasteiger partial charge in [-0.3, -0.25) is 4.79 Å². The fourth-order valence-electron chi connectivity index (χ4n) is 2.61. The lowest BCUT2D eigenvalue weighted by atomic mass is 10.0. The monoisotopic (exact) mass is 283 g/mol. The van der Waals surface area contributed by atoms with Crippen molar-refractivity contribution >= 4 is 11.5 Å². The Hall–Kier alpha value is -2.49. The van der Waals surface area contributed by atoms with Crippen molar-refractivity contribution in [1.29, 1.82) is 0 Å². The minimum absolute atomic E-state index is 0.0448. The van der Waals surface area contributed by atoms with E-state index in [9.17, 15) is 4.79 Å². The Morgan fingerprint density at radius 2 is 1.76 bits per heavy atom. The molecule has 4 nitrogen and oxygen atoms in total. The number of rotatable bonds is 4. The quantitative estimate of drug-likeness (QED) is 0.876. The molecule has 1 aliphatic heterocycles. The number of hydrogen-bond donors (Lipinski definition) is 1. The third-order valence-corrected chi connectivity index (χ3v) is 3.72. The first-order valence-electron chi connectivity index (χ1n) is 6.83. The van der Waals surface area contributed by atoms with Gasteiger partial charge in [0.1, 0.15) is 11.5 Å². The zero-order valence-electron chi connectivity index (χ0n) is 12.1. The minimum atomic E-state index is -0.237. The molecule has 0 aliphatic carbocycles. The topological polar surface area (TPSA) is 47.6 Å². The van der Waals surface area contributed by atoms with E-state index in [-0.39, 0.29) is 11.8 Å². The van der Waals surface area contributed by atoms with Crippen molar-refractivity contribution in [3.8, 4) is 11.5 Å². The summed E-state index contributed by atoms with van der Waals surface area (Å²) in [6, 6.07) is 13.0. The first-order chi connectivity index (χ1) is 10.2. The van der Waals surface area contributed by atoms with Gasteiger partial charge in [-0.2, -0.15) is 0 Å². The van der Waals surface area contributed by atoms with Crippen LogP contribution in [-0.2, 0) is 6.42 Å². The number of hydrogen-bond acceptors (Lipinski definition) is 4. The van der Waals surface area contributed by atoms with Gasteiger partial charge in [-0.05, 0) is 23.8 Å². The Labute approximate surface area is 123 Å². The third kappa shape index (κ3) is 2.57. The second kappa shape index (κ2) is 5.48. The maximum absolute atomic E-state index is 12.7. The number of fused-ring (bicyclic) bond motifs is 1. The fraction of sp³-hybridized carbons (Fsp3) is 0.235. The van der Waals surface area contributed by atoms with Gasteiger partial charge in [-0.1, -0.05) is 18.2 Å². The number of para-hydroxylation sites is 1. The van der Waals surface area contributed by atoms with Crippen LogP contribution >= 0.6 is 0 Å². The van der Waals surface area contributed by atoms with Crippen LogP contribution in [0.1, 0.15) is 15.9 Å². The second-order valence-corrected chi connectivity index (χ2v) is 5.02. The zero-order chi connectivity index (χ0) is 14.8. The van der Waals surface area contributed by atoms with Crippen molar-refractivity contribution < 1.29 is 14.3 Å². The van der Waals surface area contributed by atoms with E-state index in [0.717, 1.165) is 5.69 Å². The molecule has 21 heavy (non-hydrogen) atoms. The number of nitrogens with one attached hydrogen (secondary N) is 1. The molecule has 2 aromatic carbocycles. The average molecular weight is 283 g/mol. The van der Waals surface area contributed by atoms with E-state index in [4.69, 9.17) is 9.47 Å². The van der Waals surface area contributed by atoms with Crippen LogP contribution in [0, 0.1) is 0 Å². The number of carbonyl (C=O) groups excluding carboxylic acids is 1. The first kappa shape index (κ1) is 13.5. The molecule has 1 aliphatic rings. The number of carbonyl (C=O) groups is 1. The molecule has 0 saturated heterocycles. The van der Waals surface area contributed by atoms with Crippen molar-refractivity contribution in [2.45, 2.75) is 12.5 Å². The van der Waals surface area contributed by atoms with Crippen LogP contribution in [-0.4, -0.2) is 26.0 Å². The van der Waals surface area contributed by atoms with Crippen molar-refractivity contribution in [1.82, 2.24) is 0 Å². The van der Waals surface area contributed by atoms with Crippen molar-refractivity contribution in [3.63, 3.8) is 0 Å². The Bertz CT molecular complexity index is 634. The second-order valence-electron chi connectivity index (χ2n) is 5.02. The molecule has 0 saturated carbocycles. The maximum atomic E-state index is 12.7. The van der Waals surface area contributed by atoms with Gasteiger partial charge >= 0.3 is 0 Å². The van der Waals surface area contributed by atoms with Gasteiger partial charge in [0.25, 0.3) is 0 Å². The summed E-state index contributed by atoms with van der Waals surface area (Å²) in [4.78, 5) is 12.7. The van der Waals surface area contributed by atoms with E-state index in [0.29, 0.717) is 23.5 Å². The van der Waals surface area contributed by atoms with Crippen molar-refractivity contribution in [2.24, 2.45) is 0 Å². The summed E-state index contributed by atoms with van der Waals surface area (Å²) in [5.74, 6) is 1.28. The van der Waals surface area contributed by atoms with Gasteiger partial charge in [0.2, 0.25) is 0 Å². The minimum Gasteiger partial charge on any atom is -0.497 e. The Kier molecular flexibility index (Phi) is 3.52. The highest BCUT2D eigenvalue weighted by Gasteiger charge is 2.27. The highest BCUT2D eigenvalue weighted by molar-refractivity contribution is 6.03. The van der Waals surface area contributed by atoms with Crippen LogP contribution < -0.4 is 14.8 Å². The molecule has 0 fully saturated rings. The van der Waals surface area contributed by atoms with E-state index >= 15 is 0 Å². The number of ether oxygens (including phenoxy) is 2. The third-order valence-electron chi connectivity index (χ3n) is 3.72. The SMILES string of the molecule is COc1cc(OC)cc(C(=O)C2Cc3ccccc3N2)c1. The number of Topliss-reactive ketones (excluding diaryl/α,β-unsaturated/α-hetero) is 1. The number of ketones is 1. The van der Waals surface area contributed by atoms with E-state index < -0.39 is 0 Å². The fourth-order valence-corrected chi connectivity index (χ4v) is 2.61. The summed E-state index contributed by atoms with van der Waals surface area (Å²) < 4.78 is 10.4. The lowest BCUT2D eigenvalue weighted by Crippen LogP contribution is -2.27. The Morgan fingerprint density at radius 3 is 2.38 bits per heavy atom. The number of anilines is 1. The van der Waals surface area contributed by atoms with Gasteiger partial charge in [-0.15, -0.1) is 0 Å². The molecule has 2 aromatic rings. The molecule has 0 spiro atoms. The molecule has 1 heterocycles. The molecule has 3 rings (SSSR count). The first-order valence-corrected chi connectivity index (χ1v) is 6.83. The molecule has 0 radical (unpaired) electrons. The smallest absolute Gasteiger partial charge is 0.185 e. The van der Waals surface area contributed by atoms with E-state index in [1.165, 1.54) is 5.56 Å². The summed E-state index contributed by atoms with van der Waals surface area (Å²) >= 11 is 0. The van der Waals surface area contributed by atoms with Gasteiger partial charge in [0.15, 0.2) is 5.78 Å². The highest BCUT2D eigenvalue weighted by atomic mass is 16.5. The largest absolute Gasteiger partial charge is 0.497 e. The molecule has 0 aromatic heterocycles. The molecule has 1 unspecified atom stereocenters. The summed E-state index contributed by atoms with van der Waals surface area (Å²) in [6.07, 6.45) is 0.703. The lowest BCUT2D eigenvalue weighted by molar-refractivity contribution is 0.0971. The van der Waals surface area contributed by atoms with Crippen LogP contribution in [0.4, 0.5) is 5.69 Å². The van der Waals surface area contributed by atoms with Crippen LogP contribution in [0.2, 0.25) is 0 Å². The van der Waals surface area contributed by atoms with Gasteiger partial charge in [0, 0.05) is 23.7 Å². The van der Waals surface area contributed by atoms with Crippen LogP contribution in [0.3, 0.4) is 0 Å². The lowest BCUT2D eigenvalue weighted by Gasteiger charge is -2.12. The zero-order valence-corrected chi connectivity index (χ0v) is 12.1. The van der Waals surface area contributed by atoms with Crippen LogP contribution in [0.25, 0.3) is 0 Å². The number of benzene rings is 2. The predicted octanol–water partition coefficient (Wildman–Crippen LogP) is 2.92. The summed E-state index contributed by atoms with van der Waals surface area (Å²) in [6.45, 7) is 0. The summed E-state index contributed by atoms with van der Waals surface area (Å²) in [5.41, 5.74) is 2.80. The van der Waals surface area contributed by atoms with E-state index in [1.54, 1.807) is 32.4 Å². The molecule has 0 bridgehead atoms. The Balaban J connectivity index is 1.87. The molecule has 1 N–H and O–H groups in total. The van der Waals surface area contributed by atoms with Crippen LogP contribution in [0.15, 0.2) is 42.5 Å². The predicted molar refractivity (Wildman–Crippen MR) is 81.4 cm³/mol. The average Bonchev–Trinajstić information content (AvgIpc) is 2.97.